The highest BCUT2D eigenvalue weighted by molar-refractivity contribution is 5.96. The Morgan fingerprint density at radius 2 is 1.75 bits per heavy atom. The molecule has 0 atom stereocenters. The second-order valence-electron chi connectivity index (χ2n) is 12.5. The Labute approximate surface area is 284 Å². The van der Waals surface area contributed by atoms with Gasteiger partial charge >= 0.3 is 5.97 Å². The fourth-order valence-electron chi connectivity index (χ4n) is 5.95. The molecule has 3 heterocycles. The highest BCUT2D eigenvalue weighted by atomic mass is 16.5. The summed E-state index contributed by atoms with van der Waals surface area (Å²) in [7, 11) is 2.03. The number of pyridine rings is 1. The molecular weight excluding hydrogens is 610 g/mol. The number of aromatic nitrogens is 3. The molecule has 1 fully saturated rings. The van der Waals surface area contributed by atoms with Gasteiger partial charge in [-0.1, -0.05) is 26.2 Å². The molecule has 1 saturated heterocycles. The third-order valence-corrected chi connectivity index (χ3v) is 8.75. The van der Waals surface area contributed by atoms with Gasteiger partial charge in [0.1, 0.15) is 6.61 Å². The number of carbonyl (C=O) groups is 3. The summed E-state index contributed by atoms with van der Waals surface area (Å²) in [6, 6.07) is 7.30. The lowest BCUT2D eigenvalue weighted by molar-refractivity contribution is -0.141. The molecule has 2 amide bonds. The van der Waals surface area contributed by atoms with E-state index in [0.717, 1.165) is 112 Å². The van der Waals surface area contributed by atoms with Gasteiger partial charge in [0.25, 0.3) is 5.91 Å². The number of hydrogen-bond donors (Lipinski definition) is 3. The standard InChI is InChI=1S/C36H53N7O5/c1-5-32-30(34(40-29-17-21-47-22-18-29)31-25-38-43(6-2)35(31)41-32)24-37-36(46)27-13-15-28(16-14-27)39-33(45)12-10-8-7-9-11-19-42(4)20-23-48-26(3)44/h13-16,25,29H,5-12,17-24H2,1-4H3,(H,37,46)(H,39,45)(H,40,41). The largest absolute Gasteiger partial charge is 0.465 e. The van der Waals surface area contributed by atoms with Gasteiger partial charge in [0, 0.05) is 74.7 Å². The van der Waals surface area contributed by atoms with Crippen LogP contribution in [0.1, 0.15) is 93.8 Å². The molecule has 1 aliphatic rings. The molecule has 12 nitrogen and oxygen atoms in total. The zero-order valence-electron chi connectivity index (χ0n) is 29.1. The van der Waals surface area contributed by atoms with E-state index in [0.29, 0.717) is 30.8 Å². The normalized spacial score (nSPS) is 13.5. The van der Waals surface area contributed by atoms with Crippen molar-refractivity contribution in [1.29, 1.82) is 0 Å². The van der Waals surface area contributed by atoms with Gasteiger partial charge in [0.2, 0.25) is 5.91 Å². The summed E-state index contributed by atoms with van der Waals surface area (Å²) >= 11 is 0. The van der Waals surface area contributed by atoms with Gasteiger partial charge in [-0.15, -0.1) is 0 Å². The van der Waals surface area contributed by atoms with Gasteiger partial charge in [-0.05, 0) is 76.9 Å². The van der Waals surface area contributed by atoms with Crippen LogP contribution in [0.4, 0.5) is 11.4 Å². The first kappa shape index (κ1) is 36.8. The molecular formula is C36H53N7O5. The molecule has 0 spiro atoms. The van der Waals surface area contributed by atoms with E-state index < -0.39 is 0 Å². The lowest BCUT2D eigenvalue weighted by Crippen LogP contribution is -2.30. The second kappa shape index (κ2) is 19.1. The molecule has 2 aromatic heterocycles. The molecule has 1 aliphatic heterocycles. The zero-order valence-corrected chi connectivity index (χ0v) is 29.1. The van der Waals surface area contributed by atoms with Gasteiger partial charge < -0.3 is 30.3 Å². The van der Waals surface area contributed by atoms with Crippen LogP contribution in [0.5, 0.6) is 0 Å². The monoisotopic (exact) mass is 663 g/mol. The van der Waals surface area contributed by atoms with E-state index in [1.54, 1.807) is 24.3 Å². The van der Waals surface area contributed by atoms with Crippen molar-refractivity contribution in [2.45, 2.75) is 97.7 Å². The van der Waals surface area contributed by atoms with Crippen LogP contribution in [-0.2, 0) is 38.6 Å². The molecule has 4 rings (SSSR count). The first-order valence-corrected chi connectivity index (χ1v) is 17.5. The number of aryl methyl sites for hydroxylation is 2. The van der Waals surface area contributed by atoms with Crippen LogP contribution in [0, 0.1) is 0 Å². The van der Waals surface area contributed by atoms with Crippen molar-refractivity contribution in [2.75, 3.05) is 50.6 Å². The Bertz CT molecular complexity index is 1480. The maximum absolute atomic E-state index is 13.2. The third-order valence-electron chi connectivity index (χ3n) is 8.75. The quantitative estimate of drug-likeness (QED) is 0.115. The molecule has 48 heavy (non-hydrogen) atoms. The summed E-state index contributed by atoms with van der Waals surface area (Å²) < 4.78 is 12.5. The second-order valence-corrected chi connectivity index (χ2v) is 12.5. The third kappa shape index (κ3) is 11.0. The number of rotatable bonds is 19. The van der Waals surface area contributed by atoms with Gasteiger partial charge in [0.05, 0.1) is 17.3 Å². The smallest absolute Gasteiger partial charge is 0.302 e. The van der Waals surface area contributed by atoms with Crippen molar-refractivity contribution in [3.63, 3.8) is 0 Å². The Hall–Kier alpha value is -4.03. The number of esters is 1. The van der Waals surface area contributed by atoms with Crippen LogP contribution in [0.25, 0.3) is 11.0 Å². The molecule has 1 aromatic carbocycles. The van der Waals surface area contributed by atoms with Crippen LogP contribution in [0.15, 0.2) is 30.5 Å². The average molecular weight is 664 g/mol. The zero-order chi connectivity index (χ0) is 34.3. The number of benzene rings is 1. The number of hydrogen-bond acceptors (Lipinski definition) is 9. The van der Waals surface area contributed by atoms with Crippen molar-refractivity contribution in [3.8, 4) is 0 Å². The van der Waals surface area contributed by atoms with Gasteiger partial charge in [-0.2, -0.15) is 5.10 Å². The van der Waals surface area contributed by atoms with Gasteiger partial charge in [0.15, 0.2) is 5.65 Å². The summed E-state index contributed by atoms with van der Waals surface area (Å²) in [5.41, 5.74) is 4.95. The number of unbranched alkanes of at least 4 members (excludes halogenated alkanes) is 4. The number of nitrogens with one attached hydrogen (secondary N) is 3. The number of ether oxygens (including phenoxy) is 2. The summed E-state index contributed by atoms with van der Waals surface area (Å²) in [5.74, 6) is -0.457. The molecule has 0 bridgehead atoms. The molecule has 0 unspecified atom stereocenters. The lowest BCUT2D eigenvalue weighted by atomic mass is 10.0. The van der Waals surface area contributed by atoms with Crippen molar-refractivity contribution in [3.05, 3.63) is 47.3 Å². The Kier molecular flexibility index (Phi) is 14.6. The fourth-order valence-corrected chi connectivity index (χ4v) is 5.95. The number of anilines is 2. The Morgan fingerprint density at radius 1 is 1.02 bits per heavy atom. The van der Waals surface area contributed by atoms with E-state index in [1.807, 2.05) is 17.9 Å². The summed E-state index contributed by atoms with van der Waals surface area (Å²) in [6.45, 7) is 10.2. The highest BCUT2D eigenvalue weighted by Gasteiger charge is 2.22. The van der Waals surface area contributed by atoms with Crippen LogP contribution in [0.2, 0.25) is 0 Å². The molecule has 0 radical (unpaired) electrons. The fraction of sp³-hybridized carbons (Fsp3) is 0.583. The number of amides is 2. The molecule has 3 aromatic rings. The van der Waals surface area contributed by atoms with E-state index in [2.05, 4.69) is 39.8 Å². The molecule has 262 valence electrons. The molecule has 12 heteroatoms. The van der Waals surface area contributed by atoms with E-state index in [4.69, 9.17) is 14.5 Å². The predicted octanol–water partition coefficient (Wildman–Crippen LogP) is 5.31. The van der Waals surface area contributed by atoms with Crippen molar-refractivity contribution < 1.29 is 23.9 Å². The maximum atomic E-state index is 13.2. The van der Waals surface area contributed by atoms with E-state index in [9.17, 15) is 14.4 Å². The lowest BCUT2D eigenvalue weighted by Gasteiger charge is -2.26. The minimum Gasteiger partial charge on any atom is -0.465 e. The first-order chi connectivity index (χ1) is 23.3. The Morgan fingerprint density at radius 3 is 2.46 bits per heavy atom. The Balaban J connectivity index is 1.24. The van der Waals surface area contributed by atoms with Crippen LogP contribution >= 0.6 is 0 Å². The minimum absolute atomic E-state index is 0.0247. The molecule has 0 saturated carbocycles. The topological polar surface area (TPSA) is 140 Å². The van der Waals surface area contributed by atoms with Crippen molar-refractivity contribution in [1.82, 2.24) is 25.0 Å². The van der Waals surface area contributed by atoms with E-state index >= 15 is 0 Å². The minimum atomic E-state index is -0.245. The van der Waals surface area contributed by atoms with Crippen LogP contribution in [-0.4, -0.2) is 83.4 Å². The van der Waals surface area contributed by atoms with Crippen LogP contribution < -0.4 is 16.0 Å². The van der Waals surface area contributed by atoms with E-state index in [-0.39, 0.29) is 23.8 Å². The first-order valence-electron chi connectivity index (χ1n) is 17.5. The molecule has 0 aliphatic carbocycles. The highest BCUT2D eigenvalue weighted by Crippen LogP contribution is 2.31. The van der Waals surface area contributed by atoms with Gasteiger partial charge in [-0.3, -0.25) is 14.4 Å². The molecule has 3 N–H and O–H groups in total. The van der Waals surface area contributed by atoms with Crippen molar-refractivity contribution in [2.24, 2.45) is 0 Å². The van der Waals surface area contributed by atoms with Crippen molar-refractivity contribution >= 4 is 40.2 Å². The number of carbonyl (C=O) groups excluding carboxylic acids is 3. The summed E-state index contributed by atoms with van der Waals surface area (Å²) in [4.78, 5) is 43.7. The number of likely N-dealkylation sites (N-methyl/N-ethyl adjacent to an activating group) is 1. The maximum Gasteiger partial charge on any atom is 0.302 e. The predicted molar refractivity (Wildman–Crippen MR) is 188 cm³/mol. The SMILES string of the molecule is CCc1nc2c(cnn2CC)c(NC2CCOCC2)c1CNC(=O)c1ccc(NC(=O)CCCCCCCN(C)CCOC(C)=O)cc1. The number of fused-ring (bicyclic) bond motifs is 1. The summed E-state index contributed by atoms with van der Waals surface area (Å²) in [6.07, 6.45) is 9.98. The summed E-state index contributed by atoms with van der Waals surface area (Å²) in [5, 5.41) is 15.3. The average Bonchev–Trinajstić information content (AvgIpc) is 3.50. The van der Waals surface area contributed by atoms with E-state index in [1.165, 1.54) is 6.92 Å². The van der Waals surface area contributed by atoms with Crippen LogP contribution in [0.3, 0.4) is 0 Å². The van der Waals surface area contributed by atoms with Gasteiger partial charge in [-0.25, -0.2) is 9.67 Å². The number of nitrogens with zero attached hydrogens (tertiary/aromatic N) is 4.